The Morgan fingerprint density at radius 1 is 1.26 bits per heavy atom. The summed E-state index contributed by atoms with van der Waals surface area (Å²) >= 11 is 0. The van der Waals surface area contributed by atoms with Crippen molar-refractivity contribution in [3.63, 3.8) is 0 Å². The quantitative estimate of drug-likeness (QED) is 0.821. The summed E-state index contributed by atoms with van der Waals surface area (Å²) in [4.78, 5) is 0. The first-order valence-corrected chi connectivity index (χ1v) is 6.86. The molecule has 104 valence electrons. The minimum atomic E-state index is 0.107. The van der Waals surface area contributed by atoms with Gasteiger partial charge in [0.2, 0.25) is 0 Å². The van der Waals surface area contributed by atoms with E-state index in [4.69, 9.17) is 0 Å². The van der Waals surface area contributed by atoms with Crippen molar-refractivity contribution in [2.45, 2.75) is 39.3 Å². The van der Waals surface area contributed by atoms with Gasteiger partial charge in [-0.2, -0.15) is 5.10 Å². The van der Waals surface area contributed by atoms with Crippen LogP contribution in [0.4, 0.5) is 0 Å². The van der Waals surface area contributed by atoms with Gasteiger partial charge in [-0.15, -0.1) is 5.10 Å². The average Bonchev–Trinajstić information content (AvgIpc) is 3.01. The summed E-state index contributed by atoms with van der Waals surface area (Å²) in [7, 11) is 1.93. The van der Waals surface area contributed by atoms with E-state index in [0.29, 0.717) is 0 Å². The molecule has 1 N–H and O–H groups in total. The van der Waals surface area contributed by atoms with E-state index < -0.39 is 0 Å². The molecule has 0 spiro atoms. The zero-order valence-corrected chi connectivity index (χ0v) is 11.9. The van der Waals surface area contributed by atoms with Gasteiger partial charge in [-0.1, -0.05) is 19.1 Å². The Bertz CT molecular complexity index is 501. The van der Waals surface area contributed by atoms with E-state index >= 15 is 0 Å². The van der Waals surface area contributed by atoms with Gasteiger partial charge in [-0.05, 0) is 19.4 Å². The van der Waals surface area contributed by atoms with Crippen molar-refractivity contribution in [3.8, 4) is 0 Å². The maximum Gasteiger partial charge on any atom is 0.0803 e. The fourth-order valence-corrected chi connectivity index (χ4v) is 2.15. The largest absolute Gasteiger partial charge is 0.305 e. The predicted molar refractivity (Wildman–Crippen MR) is 73.7 cm³/mol. The standard InChI is InChI=1S/C13H22N6/c1-4-6-14-13(11-8-16-18(3)10-11)12-9-15-17-19(12)7-5-2/h8-10,13-14H,4-7H2,1-3H3. The number of nitrogens with one attached hydrogen (secondary N) is 1. The number of aromatic nitrogens is 5. The summed E-state index contributed by atoms with van der Waals surface area (Å²) < 4.78 is 3.80. The van der Waals surface area contributed by atoms with Crippen LogP contribution in [0.5, 0.6) is 0 Å². The number of rotatable bonds is 7. The monoisotopic (exact) mass is 262 g/mol. The van der Waals surface area contributed by atoms with Gasteiger partial charge in [0.15, 0.2) is 0 Å². The first-order valence-electron chi connectivity index (χ1n) is 6.86. The molecule has 0 radical (unpaired) electrons. The van der Waals surface area contributed by atoms with Gasteiger partial charge in [0.25, 0.3) is 0 Å². The lowest BCUT2D eigenvalue weighted by molar-refractivity contribution is 0.504. The van der Waals surface area contributed by atoms with Gasteiger partial charge in [0, 0.05) is 25.4 Å². The Morgan fingerprint density at radius 2 is 2.11 bits per heavy atom. The van der Waals surface area contributed by atoms with E-state index in [9.17, 15) is 0 Å². The van der Waals surface area contributed by atoms with E-state index in [1.807, 2.05) is 35.0 Å². The molecule has 0 aliphatic heterocycles. The minimum absolute atomic E-state index is 0.107. The third kappa shape index (κ3) is 3.20. The summed E-state index contributed by atoms with van der Waals surface area (Å²) in [6.07, 6.45) is 7.92. The minimum Gasteiger partial charge on any atom is -0.305 e. The molecule has 0 fully saturated rings. The van der Waals surface area contributed by atoms with Crippen molar-refractivity contribution < 1.29 is 0 Å². The lowest BCUT2D eigenvalue weighted by atomic mass is 10.1. The summed E-state index contributed by atoms with van der Waals surface area (Å²) in [6, 6.07) is 0.107. The number of aryl methyl sites for hydroxylation is 2. The van der Waals surface area contributed by atoms with E-state index in [0.717, 1.165) is 37.2 Å². The predicted octanol–water partition coefficient (Wildman–Crippen LogP) is 1.51. The zero-order chi connectivity index (χ0) is 13.7. The maximum atomic E-state index is 4.26. The molecule has 6 heteroatoms. The van der Waals surface area contributed by atoms with Crippen LogP contribution in [-0.4, -0.2) is 31.3 Å². The van der Waals surface area contributed by atoms with E-state index in [2.05, 4.69) is 34.6 Å². The highest BCUT2D eigenvalue weighted by Crippen LogP contribution is 2.20. The molecular weight excluding hydrogens is 240 g/mol. The smallest absolute Gasteiger partial charge is 0.0803 e. The summed E-state index contributed by atoms with van der Waals surface area (Å²) in [5.41, 5.74) is 2.25. The molecule has 0 bridgehead atoms. The van der Waals surface area contributed by atoms with Gasteiger partial charge >= 0.3 is 0 Å². The third-order valence-electron chi connectivity index (χ3n) is 3.04. The topological polar surface area (TPSA) is 60.6 Å². The molecule has 2 rings (SSSR count). The fraction of sp³-hybridized carbons (Fsp3) is 0.615. The molecular formula is C13H22N6. The zero-order valence-electron chi connectivity index (χ0n) is 11.9. The molecule has 0 saturated carbocycles. The number of nitrogens with zero attached hydrogens (tertiary/aromatic N) is 5. The Kier molecular flexibility index (Phi) is 4.68. The Labute approximate surface area is 113 Å². The SMILES string of the molecule is CCCNC(c1cnn(C)c1)c1cnnn1CCC. The van der Waals surface area contributed by atoms with Crippen LogP contribution in [0.25, 0.3) is 0 Å². The summed E-state index contributed by atoms with van der Waals surface area (Å²) in [6.45, 7) is 6.15. The molecule has 2 aromatic rings. The number of hydrogen-bond donors (Lipinski definition) is 1. The van der Waals surface area contributed by atoms with Crippen molar-refractivity contribution >= 4 is 0 Å². The highest BCUT2D eigenvalue weighted by atomic mass is 15.4. The average molecular weight is 262 g/mol. The molecule has 0 amide bonds. The summed E-state index contributed by atoms with van der Waals surface area (Å²) in [5, 5.41) is 16.0. The second kappa shape index (κ2) is 6.47. The molecule has 1 unspecified atom stereocenters. The second-order valence-electron chi connectivity index (χ2n) is 4.72. The van der Waals surface area contributed by atoms with Crippen LogP contribution < -0.4 is 5.32 Å². The normalized spacial score (nSPS) is 12.8. The fourth-order valence-electron chi connectivity index (χ4n) is 2.15. The highest BCUT2D eigenvalue weighted by molar-refractivity contribution is 5.22. The summed E-state index contributed by atoms with van der Waals surface area (Å²) in [5.74, 6) is 0. The van der Waals surface area contributed by atoms with E-state index in [1.54, 1.807) is 0 Å². The van der Waals surface area contributed by atoms with Crippen LogP contribution in [-0.2, 0) is 13.6 Å². The van der Waals surface area contributed by atoms with Crippen LogP contribution in [0.1, 0.15) is 44.0 Å². The van der Waals surface area contributed by atoms with Crippen molar-refractivity contribution in [1.29, 1.82) is 0 Å². The Hall–Kier alpha value is -1.69. The van der Waals surface area contributed by atoms with Crippen LogP contribution >= 0.6 is 0 Å². The van der Waals surface area contributed by atoms with E-state index in [1.165, 1.54) is 0 Å². The molecule has 0 aliphatic rings. The van der Waals surface area contributed by atoms with Gasteiger partial charge in [0.1, 0.15) is 0 Å². The van der Waals surface area contributed by atoms with Crippen molar-refractivity contribution in [2.75, 3.05) is 6.54 Å². The van der Waals surface area contributed by atoms with Crippen molar-refractivity contribution in [1.82, 2.24) is 30.1 Å². The molecule has 0 aromatic carbocycles. The first kappa shape index (κ1) is 13.7. The lowest BCUT2D eigenvalue weighted by Crippen LogP contribution is -2.25. The van der Waals surface area contributed by atoms with Crippen molar-refractivity contribution in [2.24, 2.45) is 7.05 Å². The highest BCUT2D eigenvalue weighted by Gasteiger charge is 2.19. The maximum absolute atomic E-state index is 4.26. The van der Waals surface area contributed by atoms with Gasteiger partial charge in [0.05, 0.1) is 24.1 Å². The number of hydrogen-bond acceptors (Lipinski definition) is 4. The molecule has 2 heterocycles. The molecule has 1 atom stereocenters. The van der Waals surface area contributed by atoms with Gasteiger partial charge < -0.3 is 5.32 Å². The third-order valence-corrected chi connectivity index (χ3v) is 3.04. The lowest BCUT2D eigenvalue weighted by Gasteiger charge is -2.17. The van der Waals surface area contributed by atoms with Crippen molar-refractivity contribution in [3.05, 3.63) is 29.8 Å². The Morgan fingerprint density at radius 3 is 2.74 bits per heavy atom. The molecule has 2 aromatic heterocycles. The molecule has 0 aliphatic carbocycles. The van der Waals surface area contributed by atoms with Crippen LogP contribution in [0.15, 0.2) is 18.6 Å². The molecule has 19 heavy (non-hydrogen) atoms. The van der Waals surface area contributed by atoms with Gasteiger partial charge in [-0.25, -0.2) is 4.68 Å². The second-order valence-corrected chi connectivity index (χ2v) is 4.72. The van der Waals surface area contributed by atoms with Crippen LogP contribution in [0, 0.1) is 0 Å². The first-order chi connectivity index (χ1) is 9.26. The Balaban J connectivity index is 2.28. The molecule has 0 saturated heterocycles. The van der Waals surface area contributed by atoms with Gasteiger partial charge in [-0.3, -0.25) is 4.68 Å². The van der Waals surface area contributed by atoms with Crippen LogP contribution in [0.2, 0.25) is 0 Å². The molecule has 6 nitrogen and oxygen atoms in total. The van der Waals surface area contributed by atoms with E-state index in [-0.39, 0.29) is 6.04 Å². The van der Waals surface area contributed by atoms with Crippen LogP contribution in [0.3, 0.4) is 0 Å².